The zero-order valence-corrected chi connectivity index (χ0v) is 9.28. The summed E-state index contributed by atoms with van der Waals surface area (Å²) < 4.78 is 2.52. The number of hydrogen-bond donors (Lipinski definition) is 0. The van der Waals surface area contributed by atoms with E-state index in [-0.39, 0.29) is 5.78 Å². The molecule has 0 saturated heterocycles. The smallest absolute Gasteiger partial charge is 0.174 e. The highest BCUT2D eigenvalue weighted by molar-refractivity contribution is 14.1. The quantitative estimate of drug-likeness (QED) is 0.740. The minimum atomic E-state index is 0.120. The van der Waals surface area contributed by atoms with Gasteiger partial charge in [0.15, 0.2) is 11.6 Å². The van der Waals surface area contributed by atoms with E-state index >= 15 is 0 Å². The van der Waals surface area contributed by atoms with Crippen LogP contribution in [0.15, 0.2) is 4.99 Å². The van der Waals surface area contributed by atoms with Crippen LogP contribution in [0.4, 0.5) is 5.82 Å². The summed E-state index contributed by atoms with van der Waals surface area (Å²) in [5.41, 5.74) is 0.685. The van der Waals surface area contributed by atoms with Crippen molar-refractivity contribution in [1.29, 1.82) is 0 Å². The average molecular weight is 289 g/mol. The van der Waals surface area contributed by atoms with Crippen molar-refractivity contribution in [1.82, 2.24) is 9.78 Å². The summed E-state index contributed by atoms with van der Waals surface area (Å²) in [5, 5.41) is 4.23. The number of aryl methyl sites for hydroxylation is 1. The van der Waals surface area contributed by atoms with Crippen LogP contribution in [0, 0.1) is 3.70 Å². The second kappa shape index (κ2) is 3.21. The molecule has 4 nitrogen and oxygen atoms in total. The lowest BCUT2D eigenvalue weighted by Crippen LogP contribution is -2.05. The number of halogens is 1. The van der Waals surface area contributed by atoms with Crippen LogP contribution in [0.5, 0.6) is 0 Å². The van der Waals surface area contributed by atoms with Crippen LogP contribution >= 0.6 is 22.6 Å². The Hall–Kier alpha value is -0.720. The molecule has 1 aromatic heterocycles. The van der Waals surface area contributed by atoms with E-state index in [9.17, 15) is 4.79 Å². The van der Waals surface area contributed by atoms with Gasteiger partial charge in [-0.2, -0.15) is 5.10 Å². The Balaban J connectivity index is 2.66. The number of hydrogen-bond acceptors (Lipinski definition) is 3. The topological polar surface area (TPSA) is 47.2 Å². The summed E-state index contributed by atoms with van der Waals surface area (Å²) in [6, 6.07) is 0. The van der Waals surface area contributed by atoms with Crippen LogP contribution in [0.25, 0.3) is 0 Å². The molecule has 2 rings (SSSR count). The summed E-state index contributed by atoms with van der Waals surface area (Å²) in [5.74, 6) is 0.831. The Labute approximate surface area is 89.2 Å². The molecular weight excluding hydrogens is 281 g/mol. The van der Waals surface area contributed by atoms with Gasteiger partial charge in [-0.05, 0) is 29.5 Å². The zero-order chi connectivity index (χ0) is 9.42. The Morgan fingerprint density at radius 2 is 2.46 bits per heavy atom. The second-order valence-corrected chi connectivity index (χ2v) is 3.77. The predicted octanol–water partition coefficient (Wildman–Crippen LogP) is 1.80. The van der Waals surface area contributed by atoms with Gasteiger partial charge in [-0.3, -0.25) is 4.79 Å². The molecule has 0 atom stereocenters. The first kappa shape index (κ1) is 8.86. The normalized spacial score (nSPS) is 14.8. The minimum Gasteiger partial charge on any atom is -0.294 e. The summed E-state index contributed by atoms with van der Waals surface area (Å²) in [6.45, 7) is 2.73. The van der Waals surface area contributed by atoms with Crippen molar-refractivity contribution in [3.63, 3.8) is 0 Å². The van der Waals surface area contributed by atoms with E-state index in [1.165, 1.54) is 0 Å². The summed E-state index contributed by atoms with van der Waals surface area (Å²) in [4.78, 5) is 15.7. The predicted molar refractivity (Wildman–Crippen MR) is 57.7 cm³/mol. The molecule has 2 heterocycles. The zero-order valence-electron chi connectivity index (χ0n) is 7.12. The van der Waals surface area contributed by atoms with Gasteiger partial charge in [-0.1, -0.05) is 0 Å². The van der Waals surface area contributed by atoms with Crippen LogP contribution in [0.1, 0.15) is 23.7 Å². The third kappa shape index (κ3) is 1.31. The van der Waals surface area contributed by atoms with E-state index in [0.717, 1.165) is 10.2 Å². The standard InChI is InChI=1S/C8H8IN3O/c1-2-12-8-6(7(9)11-12)5(13)3-4-10-8/h4H,2-3H2,1H3. The highest BCUT2D eigenvalue weighted by Gasteiger charge is 2.23. The van der Waals surface area contributed by atoms with Crippen molar-refractivity contribution < 1.29 is 4.79 Å². The molecule has 5 heteroatoms. The van der Waals surface area contributed by atoms with Gasteiger partial charge in [0.1, 0.15) is 3.70 Å². The van der Waals surface area contributed by atoms with Crippen LogP contribution < -0.4 is 0 Å². The lowest BCUT2D eigenvalue weighted by molar-refractivity contribution is 0.1000. The molecule has 68 valence electrons. The number of fused-ring (bicyclic) bond motifs is 1. The van der Waals surface area contributed by atoms with Crippen molar-refractivity contribution >= 4 is 40.4 Å². The molecule has 0 unspecified atom stereocenters. The lowest BCUT2D eigenvalue weighted by atomic mass is 10.1. The minimum absolute atomic E-state index is 0.120. The van der Waals surface area contributed by atoms with E-state index in [1.807, 2.05) is 6.92 Å². The van der Waals surface area contributed by atoms with Gasteiger partial charge in [-0.25, -0.2) is 9.67 Å². The number of carbonyl (C=O) groups is 1. The van der Waals surface area contributed by atoms with Crippen molar-refractivity contribution in [2.75, 3.05) is 0 Å². The first-order valence-electron chi connectivity index (χ1n) is 4.06. The number of rotatable bonds is 1. The number of aromatic nitrogens is 2. The molecule has 0 spiro atoms. The van der Waals surface area contributed by atoms with Crippen molar-refractivity contribution in [3.8, 4) is 0 Å². The van der Waals surface area contributed by atoms with E-state index < -0.39 is 0 Å². The summed E-state index contributed by atoms with van der Waals surface area (Å²) in [7, 11) is 0. The maximum Gasteiger partial charge on any atom is 0.174 e. The van der Waals surface area contributed by atoms with Crippen molar-refractivity contribution in [3.05, 3.63) is 9.26 Å². The molecule has 0 N–H and O–H groups in total. The van der Waals surface area contributed by atoms with Gasteiger partial charge in [0.05, 0.1) is 5.56 Å². The number of Topliss-reactive ketones (excluding diaryl/α,β-unsaturated/α-hetero) is 1. The third-order valence-corrected chi connectivity index (χ3v) is 2.71. The molecule has 1 aromatic rings. The molecule has 0 amide bonds. The number of carbonyl (C=O) groups excluding carboxylic acids is 1. The second-order valence-electron chi connectivity index (χ2n) is 2.74. The molecular formula is C8H8IN3O. The maximum absolute atomic E-state index is 11.5. The van der Waals surface area contributed by atoms with Gasteiger partial charge in [0.25, 0.3) is 0 Å². The van der Waals surface area contributed by atoms with Crippen LogP contribution in [0.3, 0.4) is 0 Å². The number of ketones is 1. The van der Waals surface area contributed by atoms with E-state index in [4.69, 9.17) is 0 Å². The number of nitrogens with zero attached hydrogens (tertiary/aromatic N) is 3. The highest BCUT2D eigenvalue weighted by Crippen LogP contribution is 2.27. The van der Waals surface area contributed by atoms with Crippen molar-refractivity contribution in [2.45, 2.75) is 19.9 Å². The Morgan fingerprint density at radius 1 is 1.69 bits per heavy atom. The Kier molecular flexibility index (Phi) is 2.19. The fourth-order valence-electron chi connectivity index (χ4n) is 1.33. The van der Waals surface area contributed by atoms with Gasteiger partial charge in [-0.15, -0.1) is 0 Å². The first-order chi connectivity index (χ1) is 6.24. The van der Waals surface area contributed by atoms with Crippen molar-refractivity contribution in [2.24, 2.45) is 4.99 Å². The monoisotopic (exact) mass is 289 g/mol. The molecule has 0 fully saturated rings. The van der Waals surface area contributed by atoms with Gasteiger partial charge in [0.2, 0.25) is 0 Å². The third-order valence-electron chi connectivity index (χ3n) is 1.95. The van der Waals surface area contributed by atoms with Crippen LogP contribution in [-0.4, -0.2) is 21.8 Å². The molecule has 0 aliphatic carbocycles. The average Bonchev–Trinajstić information content (AvgIpc) is 2.44. The van der Waals surface area contributed by atoms with Gasteiger partial charge < -0.3 is 0 Å². The molecule has 0 saturated carbocycles. The van der Waals surface area contributed by atoms with E-state index in [1.54, 1.807) is 10.9 Å². The molecule has 1 aliphatic rings. The molecule has 0 bridgehead atoms. The molecule has 0 aromatic carbocycles. The number of aliphatic imine (C=N–C) groups is 1. The van der Waals surface area contributed by atoms with Gasteiger partial charge >= 0.3 is 0 Å². The van der Waals surface area contributed by atoms with E-state index in [0.29, 0.717) is 17.8 Å². The SMILES string of the molecule is CCn1nc(I)c2c1N=CCC2=O. The Morgan fingerprint density at radius 3 is 3.15 bits per heavy atom. The highest BCUT2D eigenvalue weighted by atomic mass is 127. The fourth-order valence-corrected chi connectivity index (χ4v) is 2.14. The molecule has 0 radical (unpaired) electrons. The fraction of sp³-hybridized carbons (Fsp3) is 0.375. The summed E-state index contributed by atoms with van der Waals surface area (Å²) >= 11 is 2.08. The largest absolute Gasteiger partial charge is 0.294 e. The van der Waals surface area contributed by atoms with E-state index in [2.05, 4.69) is 32.7 Å². The first-order valence-corrected chi connectivity index (χ1v) is 5.14. The molecule has 1 aliphatic heterocycles. The molecule has 13 heavy (non-hydrogen) atoms. The summed E-state index contributed by atoms with van der Waals surface area (Å²) in [6.07, 6.45) is 2.05. The maximum atomic E-state index is 11.5. The van der Waals surface area contributed by atoms with Crippen LogP contribution in [-0.2, 0) is 6.54 Å². The Bertz CT molecular complexity index is 394. The lowest BCUT2D eigenvalue weighted by Gasteiger charge is -2.04. The van der Waals surface area contributed by atoms with Gasteiger partial charge in [0, 0.05) is 19.2 Å². The van der Waals surface area contributed by atoms with Crippen LogP contribution in [0.2, 0.25) is 0 Å².